The highest BCUT2D eigenvalue weighted by Gasteiger charge is 2.21. The second kappa shape index (κ2) is 13.2. The van der Waals surface area contributed by atoms with Gasteiger partial charge in [0, 0.05) is 27.7 Å². The minimum atomic E-state index is -0.543. The van der Waals surface area contributed by atoms with Gasteiger partial charge in [0.15, 0.2) is 17.3 Å². The molecule has 0 bridgehead atoms. The summed E-state index contributed by atoms with van der Waals surface area (Å²) < 4.78 is 19.5. The number of hydrogen-bond acceptors (Lipinski definition) is 9. The molecule has 0 saturated heterocycles. The second-order valence-electron chi connectivity index (χ2n) is 10.2. The Balaban J connectivity index is 1.64. The maximum atomic E-state index is 13.9. The Morgan fingerprint density at radius 1 is 1.02 bits per heavy atom. The number of nitro groups is 1. The first-order valence-electron chi connectivity index (χ1n) is 13.6. The molecule has 0 saturated carbocycles. The summed E-state index contributed by atoms with van der Waals surface area (Å²) in [4.78, 5) is 33.2. The van der Waals surface area contributed by atoms with Gasteiger partial charge in [0.1, 0.15) is 11.9 Å². The van der Waals surface area contributed by atoms with Crippen LogP contribution in [0.3, 0.4) is 0 Å². The number of para-hydroxylation sites is 1. The average Bonchev–Trinajstić information content (AvgIpc) is 3.03. The molecule has 45 heavy (non-hydrogen) atoms. The molecule has 0 unspecified atom stereocenters. The number of benzene rings is 3. The predicted molar refractivity (Wildman–Crippen MR) is 179 cm³/mol. The van der Waals surface area contributed by atoms with Gasteiger partial charge in [0.2, 0.25) is 5.88 Å². The Bertz CT molecular complexity index is 2030. The van der Waals surface area contributed by atoms with Gasteiger partial charge in [-0.05, 0) is 86.2 Å². The Kier molecular flexibility index (Phi) is 9.30. The summed E-state index contributed by atoms with van der Waals surface area (Å²) in [5.41, 5.74) is 3.21. The van der Waals surface area contributed by atoms with Crippen molar-refractivity contribution in [2.75, 3.05) is 14.2 Å². The summed E-state index contributed by atoms with van der Waals surface area (Å²) in [7, 11) is 3.11. The molecule has 0 N–H and O–H groups in total. The van der Waals surface area contributed by atoms with Gasteiger partial charge in [-0.15, -0.1) is 0 Å². The van der Waals surface area contributed by atoms with Crippen molar-refractivity contribution in [3.05, 3.63) is 107 Å². The third kappa shape index (κ3) is 6.31. The number of rotatable bonds is 9. The van der Waals surface area contributed by atoms with E-state index in [1.165, 1.54) is 30.1 Å². The van der Waals surface area contributed by atoms with Gasteiger partial charge in [-0.2, -0.15) is 9.78 Å². The van der Waals surface area contributed by atoms with Gasteiger partial charge < -0.3 is 14.2 Å². The number of pyridine rings is 1. The molecule has 13 heteroatoms. The van der Waals surface area contributed by atoms with Crippen molar-refractivity contribution in [1.29, 1.82) is 0 Å². The minimum Gasteiger partial charge on any atom is -0.496 e. The van der Waals surface area contributed by atoms with E-state index >= 15 is 0 Å². The molecule has 0 radical (unpaired) electrons. The molecule has 2 heterocycles. The Labute approximate surface area is 274 Å². The fourth-order valence-corrected chi connectivity index (χ4v) is 5.59. The lowest BCUT2D eigenvalue weighted by molar-refractivity contribution is -0.385. The monoisotopic (exact) mass is 735 g/mol. The van der Waals surface area contributed by atoms with E-state index in [9.17, 15) is 14.9 Å². The molecule has 3 aromatic carbocycles. The van der Waals surface area contributed by atoms with E-state index in [2.05, 4.69) is 55.8 Å². The van der Waals surface area contributed by atoms with Crippen LogP contribution in [-0.4, -0.2) is 40.0 Å². The van der Waals surface area contributed by atoms with E-state index < -0.39 is 4.92 Å². The number of aromatic nitrogens is 3. The molecule has 0 fully saturated rings. The SMILES string of the molecule is COc1cc(C)c(-c2nc3ccccc3c(=O)n2N=Cc2cc(OC)c(Oc3ccc([N+](=O)[O-])cn3)c(Br)c2Br)cc1C(C)C. The van der Waals surface area contributed by atoms with Gasteiger partial charge in [0.05, 0.1) is 40.7 Å². The zero-order valence-corrected chi connectivity index (χ0v) is 28.0. The standard InChI is InChI=1S/C32H27Br2N5O6/c1-17(2)22-14-23(18(3)12-25(22)43-4)31-37-24-9-7-6-8-21(24)32(40)38(31)36-15-19-13-26(44-5)30(29(34)28(19)33)45-27-11-10-20(16-35-27)39(41)42/h6-17H,1-5H3. The summed E-state index contributed by atoms with van der Waals surface area (Å²) in [6.45, 7) is 6.09. The van der Waals surface area contributed by atoms with Crippen LogP contribution in [-0.2, 0) is 0 Å². The quantitative estimate of drug-likeness (QED) is 0.0845. The van der Waals surface area contributed by atoms with Crippen molar-refractivity contribution < 1.29 is 19.1 Å². The zero-order valence-electron chi connectivity index (χ0n) is 24.9. The van der Waals surface area contributed by atoms with Crippen LogP contribution in [0.15, 0.2) is 79.6 Å². The molecule has 5 rings (SSSR count). The first kappa shape index (κ1) is 31.8. The van der Waals surface area contributed by atoms with Crippen LogP contribution in [0.1, 0.15) is 36.5 Å². The Hall–Kier alpha value is -4.62. The first-order valence-corrected chi connectivity index (χ1v) is 15.2. The van der Waals surface area contributed by atoms with Crippen LogP contribution in [0.5, 0.6) is 23.1 Å². The zero-order chi connectivity index (χ0) is 32.4. The largest absolute Gasteiger partial charge is 0.496 e. The smallest absolute Gasteiger partial charge is 0.287 e. The van der Waals surface area contributed by atoms with E-state index in [0.717, 1.165) is 28.6 Å². The Morgan fingerprint density at radius 2 is 1.76 bits per heavy atom. The number of nitrogens with zero attached hydrogens (tertiary/aromatic N) is 5. The first-order chi connectivity index (χ1) is 21.5. The van der Waals surface area contributed by atoms with Crippen molar-refractivity contribution >= 4 is 54.7 Å². The fraction of sp³-hybridized carbons (Fsp3) is 0.188. The number of aryl methyl sites for hydroxylation is 1. The molecule has 230 valence electrons. The number of halogens is 2. The molecular formula is C32H27Br2N5O6. The molecule has 11 nitrogen and oxygen atoms in total. The van der Waals surface area contributed by atoms with Crippen LogP contribution >= 0.6 is 31.9 Å². The van der Waals surface area contributed by atoms with E-state index in [-0.39, 0.29) is 28.8 Å². The molecule has 0 aliphatic heterocycles. The van der Waals surface area contributed by atoms with Crippen LogP contribution in [0.4, 0.5) is 5.69 Å². The van der Waals surface area contributed by atoms with E-state index in [1.54, 1.807) is 31.4 Å². The van der Waals surface area contributed by atoms with Crippen LogP contribution < -0.4 is 19.8 Å². The number of methoxy groups -OCH3 is 2. The third-order valence-electron chi connectivity index (χ3n) is 7.02. The maximum Gasteiger partial charge on any atom is 0.287 e. The molecule has 5 aromatic rings. The van der Waals surface area contributed by atoms with Crippen LogP contribution in [0.2, 0.25) is 0 Å². The van der Waals surface area contributed by atoms with Crippen LogP contribution in [0, 0.1) is 17.0 Å². The van der Waals surface area contributed by atoms with Gasteiger partial charge in [-0.1, -0.05) is 26.0 Å². The lowest BCUT2D eigenvalue weighted by Gasteiger charge is -2.17. The molecule has 0 atom stereocenters. The van der Waals surface area contributed by atoms with E-state index in [4.69, 9.17) is 19.2 Å². The summed E-state index contributed by atoms with van der Waals surface area (Å²) in [6.07, 6.45) is 2.63. The highest BCUT2D eigenvalue weighted by Crippen LogP contribution is 2.44. The van der Waals surface area contributed by atoms with Crippen molar-refractivity contribution in [3.8, 4) is 34.5 Å². The molecule has 0 aliphatic carbocycles. The van der Waals surface area contributed by atoms with Crippen molar-refractivity contribution in [2.24, 2.45) is 5.10 Å². The van der Waals surface area contributed by atoms with Gasteiger partial charge in [-0.25, -0.2) is 9.97 Å². The van der Waals surface area contributed by atoms with Gasteiger partial charge in [-0.3, -0.25) is 14.9 Å². The van der Waals surface area contributed by atoms with Gasteiger partial charge >= 0.3 is 0 Å². The summed E-state index contributed by atoms with van der Waals surface area (Å²) >= 11 is 7.13. The second-order valence-corrected chi connectivity index (χ2v) is 11.8. The lowest BCUT2D eigenvalue weighted by Crippen LogP contribution is -2.21. The summed E-state index contributed by atoms with van der Waals surface area (Å²) in [5, 5.41) is 16.1. The van der Waals surface area contributed by atoms with Crippen molar-refractivity contribution in [1.82, 2.24) is 14.6 Å². The number of fused-ring (bicyclic) bond motifs is 1. The summed E-state index contributed by atoms with van der Waals surface area (Å²) in [6, 6.07) is 15.4. The number of ether oxygens (including phenoxy) is 3. The highest BCUT2D eigenvalue weighted by atomic mass is 79.9. The summed E-state index contributed by atoms with van der Waals surface area (Å²) in [5.74, 6) is 2.03. The Morgan fingerprint density at radius 3 is 2.40 bits per heavy atom. The lowest BCUT2D eigenvalue weighted by atomic mass is 9.96. The normalized spacial score (nSPS) is 11.4. The maximum absolute atomic E-state index is 13.9. The molecule has 2 aromatic heterocycles. The number of hydrogen-bond donors (Lipinski definition) is 0. The minimum absolute atomic E-state index is 0.127. The van der Waals surface area contributed by atoms with Crippen molar-refractivity contribution in [3.63, 3.8) is 0 Å². The van der Waals surface area contributed by atoms with Crippen molar-refractivity contribution in [2.45, 2.75) is 26.7 Å². The molecule has 0 aliphatic rings. The third-order valence-corrected chi connectivity index (χ3v) is 9.16. The topological polar surface area (TPSA) is 131 Å². The van der Waals surface area contributed by atoms with Gasteiger partial charge in [0.25, 0.3) is 11.2 Å². The van der Waals surface area contributed by atoms with E-state index in [1.807, 2.05) is 25.1 Å². The molecule has 0 spiro atoms. The van der Waals surface area contributed by atoms with Crippen LogP contribution in [0.25, 0.3) is 22.3 Å². The molecular weight excluding hydrogens is 710 g/mol. The molecule has 0 amide bonds. The van der Waals surface area contributed by atoms with E-state index in [0.29, 0.717) is 37.0 Å². The highest BCUT2D eigenvalue weighted by molar-refractivity contribution is 9.13. The average molecular weight is 737 g/mol. The fourth-order valence-electron chi connectivity index (χ4n) is 4.68. The predicted octanol–water partition coefficient (Wildman–Crippen LogP) is 8.02.